The zero-order valence-corrected chi connectivity index (χ0v) is 12.4. The van der Waals surface area contributed by atoms with Crippen LogP contribution in [0, 0.1) is 0 Å². The third-order valence-electron chi connectivity index (χ3n) is 2.39. The van der Waals surface area contributed by atoms with Gasteiger partial charge >= 0.3 is 0 Å². The van der Waals surface area contributed by atoms with Gasteiger partial charge in [-0.3, -0.25) is 4.79 Å². The van der Waals surface area contributed by atoms with Gasteiger partial charge in [-0.05, 0) is 46.3 Å². The van der Waals surface area contributed by atoms with E-state index in [2.05, 4.69) is 32.6 Å². The van der Waals surface area contributed by atoms with Crippen LogP contribution in [0.15, 0.2) is 40.2 Å². The number of anilines is 2. The number of amides is 1. The maximum atomic E-state index is 11.1. The minimum atomic E-state index is -0.513. The molecule has 0 saturated heterocycles. The van der Waals surface area contributed by atoms with Crippen molar-refractivity contribution < 1.29 is 9.90 Å². The smallest absolute Gasteiger partial charge is 0.250 e. The minimum Gasteiger partial charge on any atom is -0.387 e. The van der Waals surface area contributed by atoms with Crippen molar-refractivity contribution >= 4 is 44.5 Å². The molecule has 0 unspecified atom stereocenters. The van der Waals surface area contributed by atoms with Crippen LogP contribution in [0.25, 0.3) is 0 Å². The number of thiophene rings is 1. The van der Waals surface area contributed by atoms with Crippen LogP contribution < -0.4 is 10.6 Å². The van der Waals surface area contributed by atoms with Gasteiger partial charge in [-0.1, -0.05) is 6.07 Å². The third kappa shape index (κ3) is 4.34. The van der Waals surface area contributed by atoms with Gasteiger partial charge in [-0.25, -0.2) is 0 Å². The molecule has 0 spiro atoms. The highest BCUT2D eigenvalue weighted by Crippen LogP contribution is 2.23. The summed E-state index contributed by atoms with van der Waals surface area (Å²) in [4.78, 5) is 12.3. The van der Waals surface area contributed by atoms with E-state index in [-0.39, 0.29) is 0 Å². The van der Waals surface area contributed by atoms with Crippen LogP contribution in [0.4, 0.5) is 11.4 Å². The largest absolute Gasteiger partial charge is 0.387 e. The lowest BCUT2D eigenvalue weighted by Gasteiger charge is -2.08. The zero-order valence-electron chi connectivity index (χ0n) is 10.0. The minimum absolute atomic E-state index is 0.417. The summed E-state index contributed by atoms with van der Waals surface area (Å²) in [7, 11) is 0. The summed E-state index contributed by atoms with van der Waals surface area (Å²) in [5, 5.41) is 14.6. The molecule has 1 amide bonds. The lowest BCUT2D eigenvalue weighted by molar-refractivity contribution is -0.118. The van der Waals surface area contributed by atoms with Gasteiger partial charge < -0.3 is 15.7 Å². The Labute approximate surface area is 123 Å². The molecule has 6 heteroatoms. The van der Waals surface area contributed by atoms with Crippen LogP contribution in [0.3, 0.4) is 0 Å². The highest BCUT2D eigenvalue weighted by atomic mass is 79.9. The first-order valence-electron chi connectivity index (χ1n) is 5.66. The van der Waals surface area contributed by atoms with Crippen LogP contribution in [0.2, 0.25) is 0 Å². The number of hydrogen-bond donors (Lipinski definition) is 3. The average Bonchev–Trinajstić information content (AvgIpc) is 2.82. The maximum Gasteiger partial charge on any atom is 0.250 e. The van der Waals surface area contributed by atoms with E-state index in [9.17, 15) is 4.79 Å². The molecule has 19 heavy (non-hydrogen) atoms. The molecular weight excluding hydrogens is 328 g/mol. The number of carbonyl (C=O) groups is 1. The lowest BCUT2D eigenvalue weighted by Crippen LogP contribution is -2.15. The molecule has 0 aliphatic carbocycles. The van der Waals surface area contributed by atoms with Gasteiger partial charge in [-0.2, -0.15) is 0 Å². The van der Waals surface area contributed by atoms with Crippen LogP contribution in [-0.2, 0) is 11.3 Å². The van der Waals surface area contributed by atoms with Crippen molar-refractivity contribution in [3.8, 4) is 0 Å². The molecular formula is C13H13BrN2O2S. The van der Waals surface area contributed by atoms with Crippen molar-refractivity contribution in [3.63, 3.8) is 0 Å². The topological polar surface area (TPSA) is 61.4 Å². The van der Waals surface area contributed by atoms with E-state index >= 15 is 0 Å². The first-order chi connectivity index (χ1) is 9.17. The molecule has 3 N–H and O–H groups in total. The fourth-order valence-electron chi connectivity index (χ4n) is 1.54. The fourth-order valence-corrected chi connectivity index (χ4v) is 2.97. The van der Waals surface area contributed by atoms with E-state index < -0.39 is 12.5 Å². The molecule has 0 saturated carbocycles. The Kier molecular flexibility index (Phi) is 4.95. The van der Waals surface area contributed by atoms with Crippen molar-refractivity contribution in [2.24, 2.45) is 0 Å². The second kappa shape index (κ2) is 6.70. The molecule has 4 nitrogen and oxygen atoms in total. The summed E-state index contributed by atoms with van der Waals surface area (Å²) in [6.07, 6.45) is 0. The van der Waals surface area contributed by atoms with Crippen molar-refractivity contribution in [3.05, 3.63) is 45.1 Å². The second-order valence-electron chi connectivity index (χ2n) is 3.85. The molecule has 2 aromatic rings. The van der Waals surface area contributed by atoms with Crippen molar-refractivity contribution in [1.29, 1.82) is 0 Å². The molecule has 1 aromatic heterocycles. The molecule has 2 rings (SSSR count). The Morgan fingerprint density at radius 3 is 2.74 bits per heavy atom. The molecule has 0 atom stereocenters. The molecule has 0 fully saturated rings. The van der Waals surface area contributed by atoms with Crippen LogP contribution in [0.5, 0.6) is 0 Å². The van der Waals surface area contributed by atoms with E-state index in [0.29, 0.717) is 5.69 Å². The van der Waals surface area contributed by atoms with Gasteiger partial charge in [0.1, 0.15) is 6.61 Å². The maximum absolute atomic E-state index is 11.1. The van der Waals surface area contributed by atoms with Crippen LogP contribution >= 0.6 is 27.3 Å². The number of halogens is 1. The second-order valence-corrected chi connectivity index (χ2v) is 6.39. The molecule has 1 aromatic carbocycles. The van der Waals surface area contributed by atoms with Gasteiger partial charge in [-0.15, -0.1) is 11.3 Å². The number of hydrogen-bond acceptors (Lipinski definition) is 4. The molecule has 0 aliphatic rings. The van der Waals surface area contributed by atoms with Gasteiger partial charge in [0, 0.05) is 22.8 Å². The summed E-state index contributed by atoms with van der Waals surface area (Å²) in [5.74, 6) is -0.417. The van der Waals surface area contributed by atoms with Crippen molar-refractivity contribution in [2.45, 2.75) is 6.54 Å². The SMILES string of the molecule is O=C(CO)Nc1cccc(NCc2ccc(Br)s2)c1. The Hall–Kier alpha value is -1.37. The van der Waals surface area contributed by atoms with Gasteiger partial charge in [0.2, 0.25) is 5.91 Å². The molecule has 0 radical (unpaired) electrons. The number of nitrogens with one attached hydrogen (secondary N) is 2. The monoisotopic (exact) mass is 340 g/mol. The summed E-state index contributed by atoms with van der Waals surface area (Å²) in [5.41, 5.74) is 1.58. The number of aliphatic hydroxyl groups is 1. The number of aliphatic hydroxyl groups excluding tert-OH is 1. The molecule has 100 valence electrons. The number of benzene rings is 1. The van der Waals surface area contributed by atoms with Crippen molar-refractivity contribution in [1.82, 2.24) is 0 Å². The fraction of sp³-hybridized carbons (Fsp3) is 0.154. The zero-order chi connectivity index (χ0) is 13.7. The predicted molar refractivity (Wildman–Crippen MR) is 81.5 cm³/mol. The Bertz CT molecular complexity index is 571. The Morgan fingerprint density at radius 2 is 2.05 bits per heavy atom. The molecule has 0 bridgehead atoms. The quantitative estimate of drug-likeness (QED) is 0.783. The van der Waals surface area contributed by atoms with Gasteiger partial charge in [0.25, 0.3) is 0 Å². The number of rotatable bonds is 5. The highest BCUT2D eigenvalue weighted by Gasteiger charge is 2.02. The highest BCUT2D eigenvalue weighted by molar-refractivity contribution is 9.11. The van der Waals surface area contributed by atoms with Crippen LogP contribution in [0.1, 0.15) is 4.88 Å². The number of carbonyl (C=O) groups excluding carboxylic acids is 1. The molecule has 1 heterocycles. The van der Waals surface area contributed by atoms with E-state index in [1.807, 2.05) is 24.3 Å². The summed E-state index contributed by atoms with van der Waals surface area (Å²) in [6.45, 7) is 0.217. The van der Waals surface area contributed by atoms with E-state index in [4.69, 9.17) is 5.11 Å². The molecule has 0 aliphatic heterocycles. The third-order valence-corrected chi connectivity index (χ3v) is 4.01. The summed E-state index contributed by atoms with van der Waals surface area (Å²) < 4.78 is 1.10. The summed E-state index contributed by atoms with van der Waals surface area (Å²) >= 11 is 5.10. The normalized spacial score (nSPS) is 10.2. The first kappa shape index (κ1) is 14.0. The van der Waals surface area contributed by atoms with E-state index in [0.717, 1.165) is 16.0 Å². The van der Waals surface area contributed by atoms with Crippen molar-refractivity contribution in [2.75, 3.05) is 17.2 Å². The standard InChI is InChI=1S/C13H13BrN2O2S/c14-12-5-4-11(19-12)7-15-9-2-1-3-10(6-9)16-13(18)8-17/h1-6,15,17H,7-8H2,(H,16,18). The van der Waals surface area contributed by atoms with Crippen LogP contribution in [-0.4, -0.2) is 17.6 Å². The van der Waals surface area contributed by atoms with E-state index in [1.165, 1.54) is 4.88 Å². The van der Waals surface area contributed by atoms with E-state index in [1.54, 1.807) is 17.4 Å². The summed E-state index contributed by atoms with van der Waals surface area (Å²) in [6, 6.07) is 11.5. The Balaban J connectivity index is 1.97. The van der Waals surface area contributed by atoms with Gasteiger partial charge in [0.05, 0.1) is 3.79 Å². The Morgan fingerprint density at radius 1 is 1.26 bits per heavy atom. The average molecular weight is 341 g/mol. The first-order valence-corrected chi connectivity index (χ1v) is 7.27. The predicted octanol–water partition coefficient (Wildman–Crippen LogP) is 3.05. The van der Waals surface area contributed by atoms with Gasteiger partial charge in [0.15, 0.2) is 0 Å². The lowest BCUT2D eigenvalue weighted by atomic mass is 10.2.